The van der Waals surface area contributed by atoms with Gasteiger partial charge in [0.1, 0.15) is 0 Å². The second-order valence-corrected chi connectivity index (χ2v) is 28.6. The standard InChI is InChI=1S/C45H94N4O4P2S4/c1-32(2)41(50)57-29-28-56-27-26-52-54(46(33(3)4)34(5)6)48(37(11)12)39(15)24-25-40(16)49(38(13)14)55(47(35(7)8)36(9)10)53-44(20,21)30-59-45(22,23)31-58-42(51)43(17,18)19/h32-40H,24-31H2,1-23H3. The lowest BCUT2D eigenvalue weighted by Gasteiger charge is -2.49. The number of hydrogen-bond donors (Lipinski definition) is 0. The molecule has 0 spiro atoms. The van der Waals surface area contributed by atoms with Crippen molar-refractivity contribution in [3.8, 4) is 0 Å². The van der Waals surface area contributed by atoms with Crippen LogP contribution in [-0.4, -0.2) is 123 Å². The quantitative estimate of drug-likeness (QED) is 0.0509. The van der Waals surface area contributed by atoms with Crippen molar-refractivity contribution < 1.29 is 18.6 Å². The highest BCUT2D eigenvalue weighted by Crippen LogP contribution is 2.55. The molecule has 0 aromatic heterocycles. The Morgan fingerprint density at radius 1 is 0.542 bits per heavy atom. The zero-order valence-electron chi connectivity index (χ0n) is 42.3. The molecule has 4 atom stereocenters. The Labute approximate surface area is 386 Å². The van der Waals surface area contributed by atoms with Gasteiger partial charge < -0.3 is 9.05 Å². The summed E-state index contributed by atoms with van der Waals surface area (Å²) in [5, 5.41) is 0.531. The molecule has 4 unspecified atom stereocenters. The monoisotopic (exact) mass is 945 g/mol. The van der Waals surface area contributed by atoms with Gasteiger partial charge in [-0.1, -0.05) is 58.1 Å². The van der Waals surface area contributed by atoms with Crippen molar-refractivity contribution in [1.29, 1.82) is 0 Å². The Morgan fingerprint density at radius 3 is 1.37 bits per heavy atom. The van der Waals surface area contributed by atoms with Gasteiger partial charge in [-0.25, -0.2) is 18.7 Å². The van der Waals surface area contributed by atoms with E-state index in [1.165, 1.54) is 23.5 Å². The Morgan fingerprint density at radius 2 is 0.966 bits per heavy atom. The van der Waals surface area contributed by atoms with Gasteiger partial charge in [-0.2, -0.15) is 23.5 Å². The summed E-state index contributed by atoms with van der Waals surface area (Å²) in [7, 11) is -2.11. The Hall–Kier alpha value is 1.36. The van der Waals surface area contributed by atoms with Gasteiger partial charge >= 0.3 is 0 Å². The predicted molar refractivity (Wildman–Crippen MR) is 274 cm³/mol. The highest BCUT2D eigenvalue weighted by Gasteiger charge is 2.41. The second-order valence-electron chi connectivity index (χ2n) is 20.4. The van der Waals surface area contributed by atoms with E-state index >= 15 is 0 Å². The van der Waals surface area contributed by atoms with Gasteiger partial charge in [-0.05, 0) is 137 Å². The van der Waals surface area contributed by atoms with Crippen LogP contribution in [0.2, 0.25) is 0 Å². The summed E-state index contributed by atoms with van der Waals surface area (Å²) in [6.45, 7) is 52.3. The zero-order valence-corrected chi connectivity index (χ0v) is 47.4. The Bertz CT molecular complexity index is 1170. The molecule has 0 amide bonds. The van der Waals surface area contributed by atoms with Crippen LogP contribution in [0.25, 0.3) is 0 Å². The molecule has 0 rings (SSSR count). The lowest BCUT2D eigenvalue weighted by molar-refractivity contribution is -0.117. The molecule has 0 aromatic rings. The molecule has 0 fully saturated rings. The third kappa shape index (κ3) is 22.9. The summed E-state index contributed by atoms with van der Waals surface area (Å²) in [5.74, 6) is 4.45. The van der Waals surface area contributed by atoms with Gasteiger partial charge in [0, 0.05) is 93.2 Å². The van der Waals surface area contributed by atoms with E-state index in [2.05, 4.69) is 143 Å². The first-order chi connectivity index (χ1) is 26.9. The molecule has 0 heterocycles. The van der Waals surface area contributed by atoms with Gasteiger partial charge in [0.25, 0.3) is 0 Å². The van der Waals surface area contributed by atoms with Crippen LogP contribution in [-0.2, 0) is 18.6 Å². The highest BCUT2D eigenvalue weighted by molar-refractivity contribution is 8.14. The SMILES string of the molecule is CC(C)C(=O)SCCSCCOP(N(C(C)C)C(C)C)N(C(C)C)C(C)CCC(C)N(C(C)C)P(OC(C)(C)CSC(C)(C)CSC(=O)C(C)(C)C)N(C(C)C)C(C)C. The smallest absolute Gasteiger partial charge is 0.194 e. The molecule has 14 heteroatoms. The third-order valence-electron chi connectivity index (χ3n) is 9.55. The summed E-state index contributed by atoms with van der Waals surface area (Å²) in [6.07, 6.45) is 2.10. The highest BCUT2D eigenvalue weighted by atomic mass is 32.2. The molecule has 0 aliphatic carbocycles. The first-order valence-electron chi connectivity index (χ1n) is 22.5. The van der Waals surface area contributed by atoms with Crippen molar-refractivity contribution in [2.75, 3.05) is 35.4 Å². The average molecular weight is 945 g/mol. The molecule has 8 nitrogen and oxygen atoms in total. The van der Waals surface area contributed by atoms with Crippen LogP contribution in [0.4, 0.5) is 0 Å². The number of carbonyl (C=O) groups is 2. The van der Waals surface area contributed by atoms with Crippen LogP contribution in [0.1, 0.15) is 172 Å². The van der Waals surface area contributed by atoms with Crippen molar-refractivity contribution in [2.24, 2.45) is 11.3 Å². The molecule has 352 valence electrons. The third-order valence-corrected chi connectivity index (χ3v) is 21.8. The number of carbonyl (C=O) groups excluding carboxylic acids is 2. The summed E-state index contributed by atoms with van der Waals surface area (Å²) < 4.78 is 24.9. The predicted octanol–water partition coefficient (Wildman–Crippen LogP) is 13.9. The summed E-state index contributed by atoms with van der Waals surface area (Å²) in [4.78, 5) is 24.8. The first-order valence-corrected chi connectivity index (χ1v) is 28.9. The normalized spacial score (nSPS) is 15.8. The van der Waals surface area contributed by atoms with E-state index in [0.717, 1.165) is 41.6 Å². The molecule has 0 aliphatic rings. The minimum absolute atomic E-state index is 0.0646. The fraction of sp³-hybridized carbons (Fsp3) is 0.956. The number of hydrogen-bond acceptors (Lipinski definition) is 12. The lowest BCUT2D eigenvalue weighted by Crippen LogP contribution is -2.47. The second kappa shape index (κ2) is 28.4. The van der Waals surface area contributed by atoms with E-state index < -0.39 is 16.9 Å². The van der Waals surface area contributed by atoms with E-state index in [1.54, 1.807) is 0 Å². The molecule has 0 radical (unpaired) electrons. The largest absolute Gasteiger partial charge is 0.330 e. The fourth-order valence-electron chi connectivity index (χ4n) is 6.71. The van der Waals surface area contributed by atoms with E-state index in [1.807, 2.05) is 58.1 Å². The van der Waals surface area contributed by atoms with Crippen molar-refractivity contribution in [3.05, 3.63) is 0 Å². The van der Waals surface area contributed by atoms with Gasteiger partial charge in [-0.3, -0.25) is 9.59 Å². The maximum Gasteiger partial charge on any atom is 0.194 e. The van der Waals surface area contributed by atoms with E-state index in [9.17, 15) is 9.59 Å². The summed E-state index contributed by atoms with van der Waals surface area (Å²) in [6, 6.07) is 2.59. The van der Waals surface area contributed by atoms with Crippen molar-refractivity contribution in [1.82, 2.24) is 18.7 Å². The molecular formula is C45H94N4O4P2S4. The first kappa shape index (κ1) is 60.4. The summed E-state index contributed by atoms with van der Waals surface area (Å²) >= 11 is 6.74. The van der Waals surface area contributed by atoms with Crippen LogP contribution in [0.5, 0.6) is 0 Å². The lowest BCUT2D eigenvalue weighted by atomic mass is 10.00. The maximum atomic E-state index is 12.8. The molecule has 0 aromatic carbocycles. The van der Waals surface area contributed by atoms with Gasteiger partial charge in [0.05, 0.1) is 12.2 Å². The van der Waals surface area contributed by atoms with Crippen LogP contribution in [0, 0.1) is 11.3 Å². The van der Waals surface area contributed by atoms with E-state index in [0.29, 0.717) is 54.9 Å². The minimum Gasteiger partial charge on any atom is -0.330 e. The maximum absolute atomic E-state index is 12.8. The molecule has 0 N–H and O–H groups in total. The topological polar surface area (TPSA) is 65.6 Å². The Balaban J connectivity index is 6.32. The van der Waals surface area contributed by atoms with Crippen LogP contribution in [0.15, 0.2) is 0 Å². The van der Waals surface area contributed by atoms with Crippen LogP contribution >= 0.6 is 63.9 Å². The van der Waals surface area contributed by atoms with Crippen LogP contribution < -0.4 is 0 Å². The van der Waals surface area contributed by atoms with Crippen molar-refractivity contribution in [3.63, 3.8) is 0 Å². The van der Waals surface area contributed by atoms with Crippen molar-refractivity contribution >= 4 is 74.2 Å². The van der Waals surface area contributed by atoms with Gasteiger partial charge in [0.15, 0.2) is 27.1 Å². The number of nitrogens with zero attached hydrogens (tertiary/aromatic N) is 4. The molecule has 0 saturated heterocycles. The summed E-state index contributed by atoms with van der Waals surface area (Å²) in [5.41, 5.74) is -0.715. The van der Waals surface area contributed by atoms with E-state index in [-0.39, 0.29) is 31.9 Å². The number of thioether (sulfide) groups is 4. The average Bonchev–Trinajstić information content (AvgIpc) is 3.06. The van der Waals surface area contributed by atoms with Crippen LogP contribution in [0.3, 0.4) is 0 Å². The minimum atomic E-state index is -1.11. The van der Waals surface area contributed by atoms with Gasteiger partial charge in [-0.15, -0.1) is 0 Å². The molecule has 59 heavy (non-hydrogen) atoms. The number of rotatable bonds is 30. The zero-order chi connectivity index (χ0) is 46.2. The Kier molecular flexibility index (Phi) is 29.1. The molecule has 0 aliphatic heterocycles. The van der Waals surface area contributed by atoms with E-state index in [4.69, 9.17) is 9.05 Å². The molecule has 0 bridgehead atoms. The van der Waals surface area contributed by atoms with Gasteiger partial charge in [0.2, 0.25) is 0 Å². The molecular weight excluding hydrogens is 851 g/mol. The fourth-order valence-corrected chi connectivity index (χ4v) is 15.9. The molecule has 0 saturated carbocycles. The van der Waals surface area contributed by atoms with Crippen molar-refractivity contribution in [2.45, 2.75) is 231 Å².